The van der Waals surface area contributed by atoms with Crippen LogP contribution in [-0.4, -0.2) is 34.0 Å². The molecule has 0 aromatic carbocycles. The fourth-order valence-electron chi connectivity index (χ4n) is 0.857. The van der Waals surface area contributed by atoms with Gasteiger partial charge in [0.25, 0.3) is 0 Å². The average molecular weight is 160 g/mol. The van der Waals surface area contributed by atoms with Gasteiger partial charge in [0.05, 0.1) is 6.73 Å². The maximum atomic E-state index is 5.23. The minimum atomic E-state index is 0.673. The Hall–Kier alpha value is -0.120. The molecule has 0 saturated heterocycles. The molecule has 11 heavy (non-hydrogen) atoms. The van der Waals surface area contributed by atoms with E-state index in [1.807, 2.05) is 14.1 Å². The van der Waals surface area contributed by atoms with Gasteiger partial charge in [-0.05, 0) is 39.9 Å². The van der Waals surface area contributed by atoms with Crippen molar-refractivity contribution in [3.63, 3.8) is 0 Å². The molecule has 0 aliphatic carbocycles. The first kappa shape index (κ1) is 10.9. The van der Waals surface area contributed by atoms with Gasteiger partial charge in [0, 0.05) is 6.61 Å². The topological polar surface area (TPSA) is 33.3 Å². The maximum absolute atomic E-state index is 5.23. The highest BCUT2D eigenvalue weighted by Crippen LogP contribution is 1.93. The molecule has 0 heterocycles. The lowest BCUT2D eigenvalue weighted by atomic mass is 10.2. The predicted octanol–water partition coefficient (Wildman–Crippen LogP) is 0.570. The van der Waals surface area contributed by atoms with E-state index < -0.39 is 0 Å². The van der Waals surface area contributed by atoms with Gasteiger partial charge in [-0.2, -0.15) is 0 Å². The number of ether oxygens (including phenoxy) is 1. The lowest BCUT2D eigenvalue weighted by molar-refractivity contribution is 0.118. The molecule has 0 spiro atoms. The Morgan fingerprint density at radius 2 is 1.82 bits per heavy atom. The van der Waals surface area contributed by atoms with Crippen LogP contribution in [0.25, 0.3) is 0 Å². The van der Waals surface area contributed by atoms with Gasteiger partial charge in [-0.25, -0.2) is 0 Å². The van der Waals surface area contributed by atoms with E-state index in [4.69, 9.17) is 4.74 Å². The molecule has 0 aliphatic rings. The molecular weight excluding hydrogens is 140 g/mol. The number of unbranched alkanes of at least 4 members (excludes halogenated alkanes) is 2. The third-order valence-electron chi connectivity index (χ3n) is 1.46. The molecule has 68 valence electrons. The van der Waals surface area contributed by atoms with E-state index >= 15 is 0 Å². The zero-order chi connectivity index (χ0) is 8.36. The standard InChI is InChI=1S/C8H20N2O/c1-9-6-4-3-5-7-11-8-10-2/h9-10H,3-8H2,1-2H3. The molecule has 3 nitrogen and oxygen atoms in total. The third-order valence-corrected chi connectivity index (χ3v) is 1.46. The molecule has 0 fully saturated rings. The maximum Gasteiger partial charge on any atom is 0.0962 e. The van der Waals surface area contributed by atoms with Crippen LogP contribution in [0.5, 0.6) is 0 Å². The Kier molecular flexibility index (Phi) is 9.77. The summed E-state index contributed by atoms with van der Waals surface area (Å²) < 4.78 is 5.23. The van der Waals surface area contributed by atoms with Crippen LogP contribution in [0.1, 0.15) is 19.3 Å². The zero-order valence-electron chi connectivity index (χ0n) is 7.65. The SMILES string of the molecule is CNCCCCCOCNC. The molecule has 0 aromatic heterocycles. The number of rotatable bonds is 8. The molecule has 0 atom stereocenters. The summed E-state index contributed by atoms with van der Waals surface area (Å²) in [5.41, 5.74) is 0. The van der Waals surface area contributed by atoms with Crippen LogP contribution < -0.4 is 10.6 Å². The number of hydrogen-bond donors (Lipinski definition) is 2. The van der Waals surface area contributed by atoms with Gasteiger partial charge in [-0.1, -0.05) is 0 Å². The summed E-state index contributed by atoms with van der Waals surface area (Å²) in [6.07, 6.45) is 3.67. The van der Waals surface area contributed by atoms with Gasteiger partial charge in [0.15, 0.2) is 0 Å². The van der Waals surface area contributed by atoms with Crippen molar-refractivity contribution in [2.45, 2.75) is 19.3 Å². The summed E-state index contributed by atoms with van der Waals surface area (Å²) in [6.45, 7) is 2.67. The first-order chi connectivity index (χ1) is 5.41. The summed E-state index contributed by atoms with van der Waals surface area (Å²) in [5.74, 6) is 0. The van der Waals surface area contributed by atoms with Crippen LogP contribution in [0.4, 0.5) is 0 Å². The van der Waals surface area contributed by atoms with Crippen molar-refractivity contribution in [2.75, 3.05) is 34.0 Å². The smallest absolute Gasteiger partial charge is 0.0962 e. The highest BCUT2D eigenvalue weighted by Gasteiger charge is 1.87. The fraction of sp³-hybridized carbons (Fsp3) is 1.00. The van der Waals surface area contributed by atoms with Crippen molar-refractivity contribution in [1.29, 1.82) is 0 Å². The first-order valence-electron chi connectivity index (χ1n) is 4.28. The Bertz CT molecular complexity index is 61.1. The van der Waals surface area contributed by atoms with Gasteiger partial charge in [-0.15, -0.1) is 0 Å². The number of hydrogen-bond acceptors (Lipinski definition) is 3. The van der Waals surface area contributed by atoms with E-state index in [1.165, 1.54) is 19.3 Å². The molecule has 0 saturated carbocycles. The van der Waals surface area contributed by atoms with Crippen LogP contribution in [-0.2, 0) is 4.74 Å². The average Bonchev–Trinajstić information content (AvgIpc) is 2.03. The van der Waals surface area contributed by atoms with Crippen LogP contribution in [0.3, 0.4) is 0 Å². The molecule has 0 unspecified atom stereocenters. The fourth-order valence-corrected chi connectivity index (χ4v) is 0.857. The van der Waals surface area contributed by atoms with E-state index in [1.54, 1.807) is 0 Å². The molecule has 0 radical (unpaired) electrons. The lowest BCUT2D eigenvalue weighted by Crippen LogP contribution is -2.12. The Labute approximate surface area is 69.5 Å². The quantitative estimate of drug-likeness (QED) is 0.402. The Morgan fingerprint density at radius 3 is 2.45 bits per heavy atom. The van der Waals surface area contributed by atoms with Gasteiger partial charge in [-0.3, -0.25) is 5.32 Å². The zero-order valence-corrected chi connectivity index (χ0v) is 7.65. The largest absolute Gasteiger partial charge is 0.366 e. The second-order valence-corrected chi connectivity index (χ2v) is 2.57. The summed E-state index contributed by atoms with van der Waals surface area (Å²) in [5, 5.41) is 6.05. The van der Waals surface area contributed by atoms with Gasteiger partial charge >= 0.3 is 0 Å². The molecule has 0 amide bonds. The monoisotopic (exact) mass is 160 g/mol. The lowest BCUT2D eigenvalue weighted by Gasteiger charge is -2.02. The summed E-state index contributed by atoms with van der Waals surface area (Å²) >= 11 is 0. The second kappa shape index (κ2) is 9.88. The normalized spacial score (nSPS) is 10.4. The van der Waals surface area contributed by atoms with Crippen LogP contribution in [0, 0.1) is 0 Å². The van der Waals surface area contributed by atoms with E-state index in [-0.39, 0.29) is 0 Å². The van der Waals surface area contributed by atoms with E-state index in [0.29, 0.717) is 6.73 Å². The van der Waals surface area contributed by atoms with Crippen molar-refractivity contribution in [1.82, 2.24) is 10.6 Å². The van der Waals surface area contributed by atoms with Gasteiger partial charge in [0.2, 0.25) is 0 Å². The first-order valence-corrected chi connectivity index (χ1v) is 4.28. The highest BCUT2D eigenvalue weighted by atomic mass is 16.5. The number of nitrogens with one attached hydrogen (secondary N) is 2. The Balaban J connectivity index is 2.69. The second-order valence-electron chi connectivity index (χ2n) is 2.57. The van der Waals surface area contributed by atoms with Gasteiger partial charge in [0.1, 0.15) is 0 Å². The van der Waals surface area contributed by atoms with Crippen molar-refractivity contribution in [3.05, 3.63) is 0 Å². The minimum Gasteiger partial charge on any atom is -0.366 e. The molecule has 0 aromatic rings. The van der Waals surface area contributed by atoms with Crippen molar-refractivity contribution < 1.29 is 4.74 Å². The van der Waals surface area contributed by atoms with Crippen LogP contribution in [0.15, 0.2) is 0 Å². The van der Waals surface area contributed by atoms with Crippen LogP contribution >= 0.6 is 0 Å². The molecule has 0 rings (SSSR count). The third kappa shape index (κ3) is 9.88. The molecule has 2 N–H and O–H groups in total. The van der Waals surface area contributed by atoms with Crippen molar-refractivity contribution >= 4 is 0 Å². The van der Waals surface area contributed by atoms with Crippen LogP contribution in [0.2, 0.25) is 0 Å². The summed E-state index contributed by atoms with van der Waals surface area (Å²) in [6, 6.07) is 0. The molecule has 3 heteroatoms. The minimum absolute atomic E-state index is 0.673. The summed E-state index contributed by atoms with van der Waals surface area (Å²) in [4.78, 5) is 0. The van der Waals surface area contributed by atoms with E-state index in [9.17, 15) is 0 Å². The van der Waals surface area contributed by atoms with Crippen molar-refractivity contribution in [2.24, 2.45) is 0 Å². The van der Waals surface area contributed by atoms with Gasteiger partial charge < -0.3 is 10.1 Å². The molecule has 0 aliphatic heterocycles. The van der Waals surface area contributed by atoms with E-state index in [2.05, 4.69) is 10.6 Å². The predicted molar refractivity (Wildman–Crippen MR) is 47.7 cm³/mol. The highest BCUT2D eigenvalue weighted by molar-refractivity contribution is 4.43. The molecular formula is C8H20N2O. The van der Waals surface area contributed by atoms with E-state index in [0.717, 1.165) is 13.2 Å². The van der Waals surface area contributed by atoms with Crippen molar-refractivity contribution in [3.8, 4) is 0 Å². The molecule has 0 bridgehead atoms. The summed E-state index contributed by atoms with van der Waals surface area (Å²) in [7, 11) is 3.87. The Morgan fingerprint density at radius 1 is 1.00 bits per heavy atom.